The van der Waals surface area contributed by atoms with Gasteiger partial charge in [0.15, 0.2) is 11.5 Å². The third kappa shape index (κ3) is 5.76. The topological polar surface area (TPSA) is 57.2 Å². The molecule has 1 heterocycles. The van der Waals surface area contributed by atoms with Crippen LogP contribution < -0.4 is 9.47 Å². The molecule has 1 aromatic carbocycles. The van der Waals surface area contributed by atoms with Gasteiger partial charge in [-0.2, -0.15) is 0 Å². The number of nitrogens with zero attached hydrogens (tertiary/aromatic N) is 1. The van der Waals surface area contributed by atoms with Crippen LogP contribution in [0.2, 0.25) is 0 Å². The lowest BCUT2D eigenvalue weighted by Crippen LogP contribution is -2.48. The molecule has 1 aliphatic heterocycles. The van der Waals surface area contributed by atoms with Crippen LogP contribution in [0.25, 0.3) is 0 Å². The molecule has 0 aromatic heterocycles. The van der Waals surface area contributed by atoms with Crippen LogP contribution in [0, 0.1) is 0 Å². The average Bonchev–Trinajstić information content (AvgIpc) is 2.59. The number of carbonyl (C=O) groups excluding carboxylic acids is 1. The van der Waals surface area contributed by atoms with E-state index in [1.54, 1.807) is 11.8 Å². The van der Waals surface area contributed by atoms with Crippen molar-refractivity contribution in [1.29, 1.82) is 0 Å². The van der Waals surface area contributed by atoms with Crippen molar-refractivity contribution in [1.82, 2.24) is 4.90 Å². The number of rotatable bonds is 7. The molecule has 7 heteroatoms. The number of para-hydroxylation sites is 2. The fourth-order valence-corrected chi connectivity index (χ4v) is 2.35. The molecule has 1 aliphatic rings. The summed E-state index contributed by atoms with van der Waals surface area (Å²) in [5.41, 5.74) is 0. The number of amides is 1. The molecule has 1 amide bonds. The molecular weight excluding hydrogens is 334 g/mol. The van der Waals surface area contributed by atoms with E-state index < -0.39 is 0 Å². The Balaban J connectivity index is 1.84. The summed E-state index contributed by atoms with van der Waals surface area (Å²) >= 11 is 5.80. The van der Waals surface area contributed by atoms with Gasteiger partial charge in [-0.05, 0) is 26.0 Å². The van der Waals surface area contributed by atoms with E-state index in [0.29, 0.717) is 44.4 Å². The van der Waals surface area contributed by atoms with Gasteiger partial charge >= 0.3 is 6.09 Å². The molecule has 24 heavy (non-hydrogen) atoms. The first-order valence-electron chi connectivity index (χ1n) is 8.12. The van der Waals surface area contributed by atoms with E-state index in [0.717, 1.165) is 0 Å². The maximum atomic E-state index is 12.0. The number of alkyl halides is 1. The summed E-state index contributed by atoms with van der Waals surface area (Å²) in [5.74, 6) is 1.36. The average molecular weight is 358 g/mol. The van der Waals surface area contributed by atoms with Crippen molar-refractivity contribution >= 4 is 17.7 Å². The fourth-order valence-electron chi connectivity index (χ4n) is 2.29. The SMILES string of the molecule is CCOc1ccccc1OCC1CN(C(=O)OC[C@H](C)Cl)CCO1. The quantitative estimate of drug-likeness (QED) is 0.702. The summed E-state index contributed by atoms with van der Waals surface area (Å²) in [4.78, 5) is 13.6. The summed E-state index contributed by atoms with van der Waals surface area (Å²) in [6.07, 6.45) is -0.583. The number of ether oxygens (including phenoxy) is 4. The van der Waals surface area contributed by atoms with Crippen molar-refractivity contribution < 1.29 is 23.7 Å². The van der Waals surface area contributed by atoms with E-state index in [1.807, 2.05) is 31.2 Å². The Morgan fingerprint density at radius 2 is 2.08 bits per heavy atom. The molecule has 1 aromatic rings. The predicted molar refractivity (Wildman–Crippen MR) is 91.1 cm³/mol. The highest BCUT2D eigenvalue weighted by Gasteiger charge is 2.26. The summed E-state index contributed by atoms with van der Waals surface area (Å²) < 4.78 is 22.1. The van der Waals surface area contributed by atoms with Crippen molar-refractivity contribution in [2.45, 2.75) is 25.3 Å². The number of morpholine rings is 1. The molecule has 1 fully saturated rings. The molecule has 1 unspecified atom stereocenters. The van der Waals surface area contributed by atoms with Crippen LogP contribution in [0.4, 0.5) is 4.79 Å². The van der Waals surface area contributed by atoms with E-state index in [4.69, 9.17) is 30.5 Å². The summed E-state index contributed by atoms with van der Waals surface area (Å²) in [7, 11) is 0. The first-order valence-corrected chi connectivity index (χ1v) is 8.55. The number of hydrogen-bond donors (Lipinski definition) is 0. The van der Waals surface area contributed by atoms with Gasteiger partial charge in [-0.25, -0.2) is 4.79 Å². The normalized spacial score (nSPS) is 18.8. The minimum absolute atomic E-state index is 0.195. The minimum Gasteiger partial charge on any atom is -0.490 e. The molecular formula is C17H24ClNO5. The Morgan fingerprint density at radius 3 is 2.75 bits per heavy atom. The van der Waals surface area contributed by atoms with Gasteiger partial charge in [-0.1, -0.05) is 12.1 Å². The molecule has 0 radical (unpaired) electrons. The van der Waals surface area contributed by atoms with E-state index in [9.17, 15) is 4.79 Å². The van der Waals surface area contributed by atoms with Crippen LogP contribution >= 0.6 is 11.6 Å². The van der Waals surface area contributed by atoms with E-state index in [1.165, 1.54) is 0 Å². The number of benzene rings is 1. The van der Waals surface area contributed by atoms with Crippen LogP contribution in [0.15, 0.2) is 24.3 Å². The van der Waals surface area contributed by atoms with E-state index in [2.05, 4.69) is 0 Å². The zero-order valence-corrected chi connectivity index (χ0v) is 14.8. The van der Waals surface area contributed by atoms with Gasteiger partial charge in [-0.3, -0.25) is 0 Å². The molecule has 0 spiro atoms. The first-order chi connectivity index (χ1) is 11.6. The molecule has 134 valence electrons. The highest BCUT2D eigenvalue weighted by Crippen LogP contribution is 2.26. The van der Waals surface area contributed by atoms with Gasteiger partial charge in [0.1, 0.15) is 19.3 Å². The van der Waals surface area contributed by atoms with Crippen molar-refractivity contribution in [2.75, 3.05) is 39.5 Å². The van der Waals surface area contributed by atoms with Crippen LogP contribution in [-0.2, 0) is 9.47 Å². The summed E-state index contributed by atoms with van der Waals surface area (Å²) in [6.45, 7) is 6.17. The number of hydrogen-bond acceptors (Lipinski definition) is 5. The van der Waals surface area contributed by atoms with Gasteiger partial charge in [-0.15, -0.1) is 11.6 Å². The van der Waals surface area contributed by atoms with Crippen LogP contribution in [0.1, 0.15) is 13.8 Å². The van der Waals surface area contributed by atoms with Crippen LogP contribution in [0.3, 0.4) is 0 Å². The number of halogens is 1. The Bertz CT molecular complexity index is 525. The monoisotopic (exact) mass is 357 g/mol. The van der Waals surface area contributed by atoms with E-state index >= 15 is 0 Å². The number of carbonyl (C=O) groups is 1. The molecule has 0 N–H and O–H groups in total. The Kier molecular flexibility index (Phi) is 7.46. The lowest BCUT2D eigenvalue weighted by Gasteiger charge is -2.32. The molecule has 1 saturated heterocycles. The van der Waals surface area contributed by atoms with Gasteiger partial charge in [0.2, 0.25) is 0 Å². The third-order valence-electron chi connectivity index (χ3n) is 3.41. The Morgan fingerprint density at radius 1 is 1.38 bits per heavy atom. The predicted octanol–water partition coefficient (Wildman–Crippen LogP) is 2.93. The third-order valence-corrected chi connectivity index (χ3v) is 3.53. The Hall–Kier alpha value is -1.66. The van der Waals surface area contributed by atoms with Gasteiger partial charge in [0.05, 0.1) is 25.1 Å². The fraction of sp³-hybridized carbons (Fsp3) is 0.588. The molecule has 0 aliphatic carbocycles. The van der Waals surface area contributed by atoms with Crippen molar-refractivity contribution in [2.24, 2.45) is 0 Å². The molecule has 2 atom stereocenters. The van der Waals surface area contributed by atoms with Gasteiger partial charge in [0.25, 0.3) is 0 Å². The van der Waals surface area contributed by atoms with E-state index in [-0.39, 0.29) is 24.2 Å². The maximum Gasteiger partial charge on any atom is 0.409 e. The second-order valence-corrected chi connectivity index (χ2v) is 6.23. The largest absolute Gasteiger partial charge is 0.490 e. The minimum atomic E-state index is -0.370. The summed E-state index contributed by atoms with van der Waals surface area (Å²) in [5, 5.41) is -0.204. The van der Waals surface area contributed by atoms with Crippen molar-refractivity contribution in [3.05, 3.63) is 24.3 Å². The standard InChI is InChI=1S/C17H24ClNO5/c1-3-21-15-6-4-5-7-16(15)23-12-14-10-19(8-9-22-14)17(20)24-11-13(2)18/h4-7,13-14H,3,8-12H2,1-2H3/t13-,14?/m0/s1. The Labute approximate surface area is 147 Å². The summed E-state index contributed by atoms with van der Waals surface area (Å²) in [6, 6.07) is 7.49. The highest BCUT2D eigenvalue weighted by molar-refractivity contribution is 6.20. The zero-order chi connectivity index (χ0) is 17.4. The smallest absolute Gasteiger partial charge is 0.409 e. The second kappa shape index (κ2) is 9.59. The van der Waals surface area contributed by atoms with Crippen molar-refractivity contribution in [3.8, 4) is 11.5 Å². The second-order valence-electron chi connectivity index (χ2n) is 5.49. The maximum absolute atomic E-state index is 12.0. The van der Waals surface area contributed by atoms with Crippen LogP contribution in [0.5, 0.6) is 11.5 Å². The molecule has 0 bridgehead atoms. The molecule has 2 rings (SSSR count). The van der Waals surface area contributed by atoms with Gasteiger partial charge < -0.3 is 23.8 Å². The highest BCUT2D eigenvalue weighted by atomic mass is 35.5. The lowest BCUT2D eigenvalue weighted by molar-refractivity contribution is -0.0453. The zero-order valence-electron chi connectivity index (χ0n) is 14.1. The van der Waals surface area contributed by atoms with Gasteiger partial charge in [0, 0.05) is 6.54 Å². The van der Waals surface area contributed by atoms with Crippen molar-refractivity contribution in [3.63, 3.8) is 0 Å². The lowest BCUT2D eigenvalue weighted by atomic mass is 10.3. The molecule has 6 nitrogen and oxygen atoms in total. The molecule has 0 saturated carbocycles. The van der Waals surface area contributed by atoms with Crippen LogP contribution in [-0.4, -0.2) is 62.0 Å². The first kappa shape index (κ1) is 18.7.